The molecule has 0 radical (unpaired) electrons. The second kappa shape index (κ2) is 5.84. The molecule has 0 amide bonds. The maximum atomic E-state index is 9.99. The van der Waals surface area contributed by atoms with Gasteiger partial charge in [-0.1, -0.05) is 12.1 Å². The van der Waals surface area contributed by atoms with Crippen LogP contribution in [-0.4, -0.2) is 29.9 Å². The number of rotatable bonds is 5. The molecule has 0 spiro atoms. The van der Waals surface area contributed by atoms with Gasteiger partial charge in [0.25, 0.3) is 0 Å². The maximum absolute atomic E-state index is 9.99. The van der Waals surface area contributed by atoms with Crippen molar-refractivity contribution in [3.05, 3.63) is 29.3 Å². The van der Waals surface area contributed by atoms with Crippen LogP contribution in [-0.2, 0) is 0 Å². The lowest BCUT2D eigenvalue weighted by Gasteiger charge is -2.20. The molecule has 0 heterocycles. The molecule has 0 saturated carbocycles. The lowest BCUT2D eigenvalue weighted by atomic mass is 9.97. The van der Waals surface area contributed by atoms with Crippen molar-refractivity contribution in [1.29, 1.82) is 0 Å². The fourth-order valence-corrected chi connectivity index (χ4v) is 1.65. The van der Waals surface area contributed by atoms with Crippen molar-refractivity contribution < 1.29 is 10.2 Å². The Morgan fingerprint density at radius 3 is 2.69 bits per heavy atom. The number of hydrogen-bond acceptors (Lipinski definition) is 4. The minimum Gasteiger partial charge on any atom is -0.399 e. The van der Waals surface area contributed by atoms with E-state index in [1.165, 1.54) is 0 Å². The van der Waals surface area contributed by atoms with Crippen LogP contribution in [0.2, 0.25) is 0 Å². The molecule has 0 aliphatic carbocycles. The summed E-state index contributed by atoms with van der Waals surface area (Å²) in [5.41, 5.74) is 7.92. The monoisotopic (exact) mass is 224 g/mol. The SMILES string of the molecule is CNCCC(O)C(O)c1cccc(N)c1C. The largest absolute Gasteiger partial charge is 0.399 e. The zero-order valence-corrected chi connectivity index (χ0v) is 9.77. The number of nitrogen functional groups attached to an aromatic ring is 1. The van der Waals surface area contributed by atoms with Gasteiger partial charge in [0, 0.05) is 5.69 Å². The summed E-state index contributed by atoms with van der Waals surface area (Å²) in [4.78, 5) is 0. The van der Waals surface area contributed by atoms with Gasteiger partial charge in [0.1, 0.15) is 6.10 Å². The predicted molar refractivity (Wildman–Crippen MR) is 65.1 cm³/mol. The summed E-state index contributed by atoms with van der Waals surface area (Å²) < 4.78 is 0. The van der Waals surface area contributed by atoms with E-state index in [9.17, 15) is 10.2 Å². The molecule has 90 valence electrons. The molecule has 0 saturated heterocycles. The molecular weight excluding hydrogens is 204 g/mol. The molecule has 0 aliphatic rings. The molecule has 0 aliphatic heterocycles. The van der Waals surface area contributed by atoms with Gasteiger partial charge in [-0.05, 0) is 44.1 Å². The highest BCUT2D eigenvalue weighted by Crippen LogP contribution is 2.25. The normalized spacial score (nSPS) is 14.8. The first kappa shape index (κ1) is 13.0. The van der Waals surface area contributed by atoms with Crippen LogP contribution in [0, 0.1) is 6.92 Å². The third-order valence-corrected chi connectivity index (χ3v) is 2.79. The average Bonchev–Trinajstić information content (AvgIpc) is 2.28. The van der Waals surface area contributed by atoms with E-state index in [-0.39, 0.29) is 0 Å². The van der Waals surface area contributed by atoms with Gasteiger partial charge in [-0.3, -0.25) is 0 Å². The Labute approximate surface area is 96.1 Å². The van der Waals surface area contributed by atoms with Gasteiger partial charge >= 0.3 is 0 Å². The predicted octanol–water partition coefficient (Wildman–Crippen LogP) is 0.581. The number of benzene rings is 1. The molecule has 2 atom stereocenters. The van der Waals surface area contributed by atoms with Crippen LogP contribution < -0.4 is 11.1 Å². The Balaban J connectivity index is 2.79. The summed E-state index contributed by atoms with van der Waals surface area (Å²) in [6.45, 7) is 2.51. The topological polar surface area (TPSA) is 78.5 Å². The van der Waals surface area contributed by atoms with Crippen molar-refractivity contribution in [2.75, 3.05) is 19.3 Å². The van der Waals surface area contributed by atoms with Crippen LogP contribution in [0.5, 0.6) is 0 Å². The number of nitrogens with two attached hydrogens (primary N) is 1. The number of hydrogen-bond donors (Lipinski definition) is 4. The highest BCUT2D eigenvalue weighted by atomic mass is 16.3. The maximum Gasteiger partial charge on any atom is 0.105 e. The highest BCUT2D eigenvalue weighted by Gasteiger charge is 2.19. The molecule has 4 heteroatoms. The molecule has 2 unspecified atom stereocenters. The zero-order chi connectivity index (χ0) is 12.1. The fourth-order valence-electron chi connectivity index (χ4n) is 1.65. The van der Waals surface area contributed by atoms with Crippen LogP contribution in [0.15, 0.2) is 18.2 Å². The Kier molecular flexibility index (Phi) is 4.73. The van der Waals surface area contributed by atoms with Gasteiger partial charge in [0.2, 0.25) is 0 Å². The van der Waals surface area contributed by atoms with Crippen LogP contribution in [0.25, 0.3) is 0 Å². The van der Waals surface area contributed by atoms with Crippen molar-refractivity contribution >= 4 is 5.69 Å². The third kappa shape index (κ3) is 2.95. The molecular formula is C12H20N2O2. The fraction of sp³-hybridized carbons (Fsp3) is 0.500. The van der Waals surface area contributed by atoms with Gasteiger partial charge in [-0.2, -0.15) is 0 Å². The second-order valence-corrected chi connectivity index (χ2v) is 3.97. The summed E-state index contributed by atoms with van der Waals surface area (Å²) in [5.74, 6) is 0. The number of nitrogens with one attached hydrogen (secondary N) is 1. The van der Waals surface area contributed by atoms with Crippen molar-refractivity contribution in [3.8, 4) is 0 Å². The molecule has 5 N–H and O–H groups in total. The molecule has 0 fully saturated rings. The smallest absolute Gasteiger partial charge is 0.105 e. The molecule has 0 aromatic heterocycles. The van der Waals surface area contributed by atoms with E-state index in [1.54, 1.807) is 18.2 Å². The first-order valence-electron chi connectivity index (χ1n) is 5.43. The quantitative estimate of drug-likeness (QED) is 0.552. The van der Waals surface area contributed by atoms with Crippen LogP contribution >= 0.6 is 0 Å². The van der Waals surface area contributed by atoms with Gasteiger partial charge in [-0.15, -0.1) is 0 Å². The standard InChI is InChI=1S/C12H20N2O2/c1-8-9(4-3-5-10(8)13)12(16)11(15)6-7-14-2/h3-5,11-12,14-16H,6-7,13H2,1-2H3. The van der Waals surface area contributed by atoms with E-state index in [2.05, 4.69) is 5.32 Å². The summed E-state index contributed by atoms with van der Waals surface area (Å²) >= 11 is 0. The number of aliphatic hydroxyl groups is 2. The zero-order valence-electron chi connectivity index (χ0n) is 9.77. The van der Waals surface area contributed by atoms with Crippen LogP contribution in [0.1, 0.15) is 23.7 Å². The van der Waals surface area contributed by atoms with Gasteiger partial charge in [0.05, 0.1) is 6.10 Å². The molecule has 1 aromatic carbocycles. The van der Waals surface area contributed by atoms with Gasteiger partial charge < -0.3 is 21.3 Å². The first-order chi connectivity index (χ1) is 7.57. The number of aliphatic hydroxyl groups excluding tert-OH is 2. The van der Waals surface area contributed by atoms with Gasteiger partial charge in [0.15, 0.2) is 0 Å². The molecule has 0 bridgehead atoms. The molecule has 1 aromatic rings. The summed E-state index contributed by atoms with van der Waals surface area (Å²) in [6.07, 6.45) is -1.14. The van der Waals surface area contributed by atoms with E-state index < -0.39 is 12.2 Å². The minimum atomic E-state index is -0.878. The highest BCUT2D eigenvalue weighted by molar-refractivity contribution is 5.50. The van der Waals surface area contributed by atoms with Crippen LogP contribution in [0.4, 0.5) is 5.69 Å². The van der Waals surface area contributed by atoms with Gasteiger partial charge in [-0.25, -0.2) is 0 Å². The lowest BCUT2D eigenvalue weighted by molar-refractivity contribution is 0.0137. The molecule has 1 rings (SSSR count). The van der Waals surface area contributed by atoms with Crippen LogP contribution in [0.3, 0.4) is 0 Å². The van der Waals surface area contributed by atoms with E-state index in [4.69, 9.17) is 5.73 Å². The molecule has 4 nitrogen and oxygen atoms in total. The van der Waals surface area contributed by atoms with E-state index in [0.717, 1.165) is 5.56 Å². The summed E-state index contributed by atoms with van der Waals surface area (Å²) in [6, 6.07) is 5.36. The van der Waals surface area contributed by atoms with Crippen molar-refractivity contribution in [3.63, 3.8) is 0 Å². The van der Waals surface area contributed by atoms with Crippen molar-refractivity contribution in [2.45, 2.75) is 25.6 Å². The summed E-state index contributed by atoms with van der Waals surface area (Å²) in [7, 11) is 1.81. The Hall–Kier alpha value is -1.10. The van der Waals surface area contributed by atoms with E-state index in [1.807, 2.05) is 14.0 Å². The number of anilines is 1. The minimum absolute atomic E-state index is 0.506. The van der Waals surface area contributed by atoms with E-state index >= 15 is 0 Å². The third-order valence-electron chi connectivity index (χ3n) is 2.79. The molecule has 16 heavy (non-hydrogen) atoms. The Bertz CT molecular complexity index is 342. The summed E-state index contributed by atoms with van der Waals surface area (Å²) in [5, 5.41) is 22.7. The van der Waals surface area contributed by atoms with Crippen molar-refractivity contribution in [1.82, 2.24) is 5.32 Å². The van der Waals surface area contributed by atoms with E-state index in [0.29, 0.717) is 24.2 Å². The average molecular weight is 224 g/mol. The second-order valence-electron chi connectivity index (χ2n) is 3.97. The van der Waals surface area contributed by atoms with Crippen molar-refractivity contribution in [2.24, 2.45) is 0 Å². The Morgan fingerprint density at radius 2 is 2.06 bits per heavy atom. The lowest BCUT2D eigenvalue weighted by Crippen LogP contribution is -2.24. The Morgan fingerprint density at radius 1 is 1.38 bits per heavy atom. The first-order valence-corrected chi connectivity index (χ1v) is 5.43.